The number of pyridine rings is 1. The van der Waals surface area contributed by atoms with Crippen LogP contribution in [0.2, 0.25) is 0 Å². The summed E-state index contributed by atoms with van der Waals surface area (Å²) < 4.78 is 0.949. The summed E-state index contributed by atoms with van der Waals surface area (Å²) in [6, 6.07) is 11.2. The van der Waals surface area contributed by atoms with Gasteiger partial charge in [0.25, 0.3) is 0 Å². The van der Waals surface area contributed by atoms with E-state index >= 15 is 0 Å². The number of hydrogen-bond donors (Lipinski definition) is 1. The van der Waals surface area contributed by atoms with E-state index in [1.54, 1.807) is 18.3 Å². The van der Waals surface area contributed by atoms with Gasteiger partial charge >= 0.3 is 0 Å². The number of hydrogen-bond acceptors (Lipinski definition) is 3. The molecule has 0 spiro atoms. The lowest BCUT2D eigenvalue weighted by Crippen LogP contribution is -2.24. The molecule has 1 heterocycles. The zero-order valence-corrected chi connectivity index (χ0v) is 15.1. The zero-order chi connectivity index (χ0) is 17.2. The van der Waals surface area contributed by atoms with Gasteiger partial charge in [0, 0.05) is 41.8 Å². The minimum absolute atomic E-state index is 0.00444. The lowest BCUT2D eigenvalue weighted by Gasteiger charge is -2.05. The highest BCUT2D eigenvalue weighted by atomic mass is 79.9. The molecular weight excluding hydrogens is 368 g/mol. The summed E-state index contributed by atoms with van der Waals surface area (Å²) >= 11 is 3.34. The summed E-state index contributed by atoms with van der Waals surface area (Å²) in [6.07, 6.45) is 6.73. The Morgan fingerprint density at radius 1 is 1.04 bits per heavy atom. The van der Waals surface area contributed by atoms with Crippen LogP contribution in [0.3, 0.4) is 0 Å². The maximum absolute atomic E-state index is 12.0. The Bertz CT molecular complexity index is 657. The number of rotatable bonds is 9. The van der Waals surface area contributed by atoms with E-state index in [9.17, 15) is 9.59 Å². The van der Waals surface area contributed by atoms with Crippen LogP contribution >= 0.6 is 15.9 Å². The Balaban J connectivity index is 1.58. The number of aromatic nitrogens is 1. The smallest absolute Gasteiger partial charge is 0.220 e. The fraction of sp³-hybridized carbons (Fsp3) is 0.316. The lowest BCUT2D eigenvalue weighted by molar-refractivity contribution is -0.121. The molecule has 0 radical (unpaired) electrons. The highest BCUT2D eigenvalue weighted by molar-refractivity contribution is 9.10. The first kappa shape index (κ1) is 18.3. The number of nitrogens with one attached hydrogen (secondary N) is 1. The van der Waals surface area contributed by atoms with Gasteiger partial charge in [-0.2, -0.15) is 0 Å². The summed E-state index contributed by atoms with van der Waals surface area (Å²) in [5.74, 6) is 0.0803. The number of halogens is 1. The maximum Gasteiger partial charge on any atom is 0.220 e. The van der Waals surface area contributed by atoms with Crippen LogP contribution in [0.1, 0.15) is 41.6 Å². The third kappa shape index (κ3) is 6.62. The predicted molar refractivity (Wildman–Crippen MR) is 97.9 cm³/mol. The van der Waals surface area contributed by atoms with Gasteiger partial charge in [-0.15, -0.1) is 0 Å². The van der Waals surface area contributed by atoms with Crippen LogP contribution in [-0.4, -0.2) is 23.2 Å². The van der Waals surface area contributed by atoms with Crippen LogP contribution in [0.25, 0.3) is 0 Å². The van der Waals surface area contributed by atoms with Gasteiger partial charge in [-0.25, -0.2) is 0 Å². The first-order chi connectivity index (χ1) is 11.6. The van der Waals surface area contributed by atoms with E-state index < -0.39 is 0 Å². The molecule has 1 aromatic carbocycles. The van der Waals surface area contributed by atoms with Gasteiger partial charge in [0.1, 0.15) is 0 Å². The van der Waals surface area contributed by atoms with Gasteiger partial charge in [0.05, 0.1) is 0 Å². The molecule has 0 aliphatic heterocycles. The molecule has 1 N–H and O–H groups in total. The van der Waals surface area contributed by atoms with Crippen molar-refractivity contribution in [1.82, 2.24) is 10.3 Å². The molecule has 1 aromatic heterocycles. The lowest BCUT2D eigenvalue weighted by atomic mass is 10.1. The van der Waals surface area contributed by atoms with E-state index in [4.69, 9.17) is 0 Å². The highest BCUT2D eigenvalue weighted by Gasteiger charge is 2.07. The fourth-order valence-electron chi connectivity index (χ4n) is 2.34. The second kappa shape index (κ2) is 9.98. The topological polar surface area (TPSA) is 59.1 Å². The van der Waals surface area contributed by atoms with Crippen molar-refractivity contribution >= 4 is 27.6 Å². The van der Waals surface area contributed by atoms with Crippen molar-refractivity contribution in [3.8, 4) is 0 Å². The van der Waals surface area contributed by atoms with Crippen LogP contribution in [0.15, 0.2) is 53.3 Å². The molecule has 1 amide bonds. The Morgan fingerprint density at radius 2 is 1.83 bits per heavy atom. The summed E-state index contributed by atoms with van der Waals surface area (Å²) in [5, 5.41) is 2.90. The molecule has 0 bridgehead atoms. The number of benzene rings is 1. The molecule has 0 unspecified atom stereocenters. The summed E-state index contributed by atoms with van der Waals surface area (Å²) in [5.41, 5.74) is 1.86. The highest BCUT2D eigenvalue weighted by Crippen LogP contribution is 2.13. The molecule has 0 aliphatic carbocycles. The number of Topliss-reactive ketones (excluding diaryl/α,β-unsaturated/α-hetero) is 1. The quantitative estimate of drug-likeness (QED) is 0.522. The minimum Gasteiger partial charge on any atom is -0.356 e. The Hall–Kier alpha value is -2.01. The van der Waals surface area contributed by atoms with E-state index in [1.807, 2.05) is 30.5 Å². The van der Waals surface area contributed by atoms with Gasteiger partial charge in [0.2, 0.25) is 5.91 Å². The van der Waals surface area contributed by atoms with Gasteiger partial charge in [-0.1, -0.05) is 34.1 Å². The molecule has 5 heteroatoms. The second-order valence-electron chi connectivity index (χ2n) is 5.60. The fourth-order valence-corrected chi connectivity index (χ4v) is 2.61. The van der Waals surface area contributed by atoms with Gasteiger partial charge in [-0.3, -0.25) is 14.6 Å². The van der Waals surface area contributed by atoms with Crippen LogP contribution in [0.4, 0.5) is 0 Å². The SMILES string of the molecule is O=C(CCCC(=O)c1ccc(Br)cc1)NCCCc1cccnc1. The summed E-state index contributed by atoms with van der Waals surface area (Å²) in [6.45, 7) is 0.647. The molecule has 24 heavy (non-hydrogen) atoms. The van der Waals surface area contributed by atoms with Crippen molar-refractivity contribution < 1.29 is 9.59 Å². The maximum atomic E-state index is 12.0. The Labute approximate surface area is 150 Å². The molecule has 0 atom stereocenters. The number of carbonyl (C=O) groups excluding carboxylic acids is 2. The van der Waals surface area contributed by atoms with E-state index in [0.717, 1.165) is 17.3 Å². The van der Waals surface area contributed by atoms with Crippen molar-refractivity contribution in [3.05, 3.63) is 64.4 Å². The number of carbonyl (C=O) groups is 2. The minimum atomic E-state index is 0.00444. The summed E-state index contributed by atoms with van der Waals surface area (Å²) in [7, 11) is 0. The van der Waals surface area contributed by atoms with Crippen molar-refractivity contribution in [2.75, 3.05) is 6.54 Å². The Kier molecular flexibility index (Phi) is 7.62. The van der Waals surface area contributed by atoms with Crippen LogP contribution in [0, 0.1) is 0 Å². The van der Waals surface area contributed by atoms with E-state index in [-0.39, 0.29) is 11.7 Å². The van der Waals surface area contributed by atoms with Gasteiger partial charge in [-0.05, 0) is 43.0 Å². The van der Waals surface area contributed by atoms with Crippen LogP contribution in [-0.2, 0) is 11.2 Å². The Morgan fingerprint density at radius 3 is 2.54 bits per heavy atom. The monoisotopic (exact) mass is 388 g/mol. The molecule has 2 aromatic rings. The number of nitrogens with zero attached hydrogens (tertiary/aromatic N) is 1. The average molecular weight is 389 g/mol. The number of aryl methyl sites for hydroxylation is 1. The molecule has 126 valence electrons. The molecule has 0 saturated heterocycles. The first-order valence-electron chi connectivity index (χ1n) is 8.09. The van der Waals surface area contributed by atoms with Crippen molar-refractivity contribution in [2.45, 2.75) is 32.1 Å². The standard InChI is InChI=1S/C19H21BrN2O2/c20-17-10-8-16(9-11-17)18(23)6-1-7-19(24)22-13-3-5-15-4-2-12-21-14-15/h2,4,8-12,14H,1,3,5-7,13H2,(H,22,24). The predicted octanol–water partition coefficient (Wildman–Crippen LogP) is 3.95. The van der Waals surface area contributed by atoms with Gasteiger partial charge in [0.15, 0.2) is 5.78 Å². The van der Waals surface area contributed by atoms with Crippen molar-refractivity contribution in [1.29, 1.82) is 0 Å². The van der Waals surface area contributed by atoms with E-state index in [2.05, 4.69) is 26.2 Å². The molecular formula is C19H21BrN2O2. The average Bonchev–Trinajstić information content (AvgIpc) is 2.60. The summed E-state index contributed by atoms with van der Waals surface area (Å²) in [4.78, 5) is 27.8. The molecule has 2 rings (SSSR count). The largest absolute Gasteiger partial charge is 0.356 e. The second-order valence-corrected chi connectivity index (χ2v) is 6.51. The molecule has 0 saturated carbocycles. The molecule has 0 aliphatic rings. The number of ketones is 1. The van der Waals surface area contributed by atoms with Crippen LogP contribution in [0.5, 0.6) is 0 Å². The normalized spacial score (nSPS) is 10.4. The van der Waals surface area contributed by atoms with Crippen molar-refractivity contribution in [2.24, 2.45) is 0 Å². The van der Waals surface area contributed by atoms with E-state index in [1.165, 1.54) is 5.56 Å². The van der Waals surface area contributed by atoms with Crippen molar-refractivity contribution in [3.63, 3.8) is 0 Å². The molecule has 4 nitrogen and oxygen atoms in total. The van der Waals surface area contributed by atoms with Gasteiger partial charge < -0.3 is 5.32 Å². The zero-order valence-electron chi connectivity index (χ0n) is 13.5. The molecule has 0 fully saturated rings. The number of amides is 1. The third-order valence-corrected chi connectivity index (χ3v) is 4.19. The van der Waals surface area contributed by atoms with E-state index in [0.29, 0.717) is 31.4 Å². The third-order valence-electron chi connectivity index (χ3n) is 3.66. The van der Waals surface area contributed by atoms with Crippen LogP contribution < -0.4 is 5.32 Å². The first-order valence-corrected chi connectivity index (χ1v) is 8.89.